The molecule has 0 atom stereocenters. The summed E-state index contributed by atoms with van der Waals surface area (Å²) in [7, 11) is 0. The highest BCUT2D eigenvalue weighted by atomic mass is 14.7. The van der Waals surface area contributed by atoms with Crippen molar-refractivity contribution in [3.05, 3.63) is 233 Å². The lowest BCUT2D eigenvalue weighted by atomic mass is 9.78. The molecule has 0 unspecified atom stereocenters. The van der Waals surface area contributed by atoms with E-state index in [9.17, 15) is 0 Å². The molecule has 2 aliphatic carbocycles. The van der Waals surface area contributed by atoms with Crippen molar-refractivity contribution >= 4 is 33.0 Å². The fourth-order valence-electron chi connectivity index (χ4n) is 10.7. The molecule has 0 bridgehead atoms. The predicted molar refractivity (Wildman–Crippen MR) is 263 cm³/mol. The second kappa shape index (κ2) is 14.4. The second-order valence-electron chi connectivity index (χ2n) is 18.0. The van der Waals surface area contributed by atoms with E-state index in [1.807, 2.05) is 6.07 Å². The number of fused-ring (bicyclic) bond motifs is 9. The first-order valence-corrected chi connectivity index (χ1v) is 21.8. The van der Waals surface area contributed by atoms with E-state index < -0.39 is 0 Å². The van der Waals surface area contributed by atoms with Gasteiger partial charge in [0, 0.05) is 27.7 Å². The predicted octanol–water partition coefficient (Wildman–Crippen LogP) is 14.9. The molecule has 0 spiro atoms. The molecule has 9 aromatic carbocycles. The van der Waals surface area contributed by atoms with Gasteiger partial charge in [-0.15, -0.1) is 0 Å². The molecule has 0 heterocycles. The van der Waals surface area contributed by atoms with Gasteiger partial charge in [0.05, 0.1) is 12.3 Å². The summed E-state index contributed by atoms with van der Waals surface area (Å²) in [5.74, 6) is 0. The molecule has 0 amide bonds. The molecular formula is C60H48N2. The van der Waals surface area contributed by atoms with Crippen LogP contribution in [0.4, 0.5) is 0 Å². The van der Waals surface area contributed by atoms with Crippen molar-refractivity contribution in [3.8, 4) is 44.5 Å². The molecule has 298 valence electrons. The molecule has 9 aromatic rings. The first-order valence-electron chi connectivity index (χ1n) is 21.8. The van der Waals surface area contributed by atoms with Gasteiger partial charge in [0.2, 0.25) is 0 Å². The largest absolute Gasteiger partial charge is 0.398 e. The van der Waals surface area contributed by atoms with Gasteiger partial charge >= 0.3 is 0 Å². The van der Waals surface area contributed by atoms with Crippen molar-refractivity contribution in [1.82, 2.24) is 0 Å². The Bertz CT molecular complexity index is 3310. The van der Waals surface area contributed by atoms with Crippen molar-refractivity contribution in [2.24, 2.45) is 10.7 Å². The highest BCUT2D eigenvalue weighted by molar-refractivity contribution is 6.17. The zero-order chi connectivity index (χ0) is 42.2. The molecule has 0 aliphatic heterocycles. The second-order valence-corrected chi connectivity index (χ2v) is 18.0. The highest BCUT2D eigenvalue weighted by Gasteiger charge is 2.39. The third-order valence-electron chi connectivity index (χ3n) is 13.8. The molecule has 0 saturated carbocycles. The van der Waals surface area contributed by atoms with Gasteiger partial charge in [0.1, 0.15) is 0 Å². The van der Waals surface area contributed by atoms with Crippen LogP contribution in [0.25, 0.3) is 71.7 Å². The Kier molecular flexibility index (Phi) is 8.77. The Morgan fingerprint density at radius 3 is 1.87 bits per heavy atom. The first-order chi connectivity index (χ1) is 30.2. The van der Waals surface area contributed by atoms with E-state index in [1.165, 1.54) is 77.5 Å². The van der Waals surface area contributed by atoms with Crippen LogP contribution in [-0.2, 0) is 17.4 Å². The third kappa shape index (κ3) is 5.89. The molecule has 11 rings (SSSR count). The topological polar surface area (TPSA) is 38.4 Å². The summed E-state index contributed by atoms with van der Waals surface area (Å²) < 4.78 is 0. The average Bonchev–Trinajstić information content (AvgIpc) is 3.70. The standard InChI is InChI=1S/C60H48N2/c1-59(2)51-26-13-12-22-48(51)57-49(24-15-27-52(57)59)55(62-37-38-16-6-5-7-17-38)36-54(61)47-34-33-42(45-20-10-11-21-46(45)47)40-28-30-41(31-29-40)44-23-14-25-50-56-43-19-9-8-18-39(43)32-35-53(56)60(3,4)58(44)50/h5-36H,37,61H2,1-4H3/b54-36-,62-55?. The summed E-state index contributed by atoms with van der Waals surface area (Å²) in [6.07, 6.45) is 2.10. The number of nitrogens with two attached hydrogens (primary N) is 1. The fourth-order valence-corrected chi connectivity index (χ4v) is 10.7. The van der Waals surface area contributed by atoms with Crippen LogP contribution in [0.1, 0.15) is 66.6 Å². The average molecular weight is 797 g/mol. The maximum Gasteiger partial charge on any atom is 0.0677 e. The lowest BCUT2D eigenvalue weighted by Crippen LogP contribution is -2.16. The van der Waals surface area contributed by atoms with Gasteiger partial charge in [-0.1, -0.05) is 216 Å². The summed E-state index contributed by atoms with van der Waals surface area (Å²) in [6.45, 7) is 9.95. The van der Waals surface area contributed by atoms with E-state index in [0.29, 0.717) is 12.2 Å². The molecule has 2 aliphatic rings. The van der Waals surface area contributed by atoms with Gasteiger partial charge in [-0.3, -0.25) is 4.99 Å². The summed E-state index contributed by atoms with van der Waals surface area (Å²) in [5, 5.41) is 4.88. The van der Waals surface area contributed by atoms with Crippen molar-refractivity contribution in [3.63, 3.8) is 0 Å². The lowest BCUT2D eigenvalue weighted by molar-refractivity contribution is 0.660. The molecule has 2 heteroatoms. The van der Waals surface area contributed by atoms with Crippen LogP contribution in [0.2, 0.25) is 0 Å². The van der Waals surface area contributed by atoms with Crippen molar-refractivity contribution in [2.75, 3.05) is 0 Å². The maximum atomic E-state index is 7.24. The highest BCUT2D eigenvalue weighted by Crippen LogP contribution is 2.54. The van der Waals surface area contributed by atoms with Crippen molar-refractivity contribution < 1.29 is 0 Å². The fraction of sp³-hybridized carbons (Fsp3) is 0.117. The van der Waals surface area contributed by atoms with Crippen molar-refractivity contribution in [1.29, 1.82) is 0 Å². The number of aliphatic imine (C=N–C) groups is 1. The van der Waals surface area contributed by atoms with E-state index in [0.717, 1.165) is 33.2 Å². The molecule has 62 heavy (non-hydrogen) atoms. The van der Waals surface area contributed by atoms with Crippen LogP contribution in [0.3, 0.4) is 0 Å². The van der Waals surface area contributed by atoms with Gasteiger partial charge < -0.3 is 5.73 Å². The van der Waals surface area contributed by atoms with Crippen LogP contribution >= 0.6 is 0 Å². The number of nitrogens with zero attached hydrogens (tertiary/aromatic N) is 1. The van der Waals surface area contributed by atoms with E-state index in [4.69, 9.17) is 10.7 Å². The Balaban J connectivity index is 0.983. The summed E-state index contributed by atoms with van der Waals surface area (Å²) in [4.78, 5) is 5.32. The smallest absolute Gasteiger partial charge is 0.0677 e. The molecule has 0 fully saturated rings. The van der Waals surface area contributed by atoms with Crippen molar-refractivity contribution in [2.45, 2.75) is 45.1 Å². The van der Waals surface area contributed by atoms with Crippen LogP contribution < -0.4 is 5.73 Å². The van der Waals surface area contributed by atoms with E-state index in [2.05, 4.69) is 216 Å². The Morgan fingerprint density at radius 2 is 1.06 bits per heavy atom. The number of hydrogen-bond donors (Lipinski definition) is 1. The molecule has 0 saturated heterocycles. The summed E-state index contributed by atoms with van der Waals surface area (Å²) in [5.41, 5.74) is 27.4. The van der Waals surface area contributed by atoms with Crippen LogP contribution in [0.15, 0.2) is 199 Å². The zero-order valence-corrected chi connectivity index (χ0v) is 35.7. The third-order valence-corrected chi connectivity index (χ3v) is 13.8. The Morgan fingerprint density at radius 1 is 0.452 bits per heavy atom. The van der Waals surface area contributed by atoms with Gasteiger partial charge in [-0.25, -0.2) is 0 Å². The Hall–Kier alpha value is -7.29. The minimum atomic E-state index is -0.128. The molecule has 0 aromatic heterocycles. The van der Waals surface area contributed by atoms with Gasteiger partial charge in [-0.05, 0) is 99.9 Å². The van der Waals surface area contributed by atoms with E-state index in [1.54, 1.807) is 0 Å². The number of rotatable bonds is 7. The van der Waals surface area contributed by atoms with Gasteiger partial charge in [0.15, 0.2) is 0 Å². The number of benzene rings is 9. The lowest BCUT2D eigenvalue weighted by Gasteiger charge is -2.24. The summed E-state index contributed by atoms with van der Waals surface area (Å²) in [6, 6.07) is 68.4. The number of hydrogen-bond acceptors (Lipinski definition) is 2. The number of allylic oxidation sites excluding steroid dienone is 1. The SMILES string of the molecule is CC1(C)c2ccccc2-c2c(C(/C=C(\N)c3ccc(-c4ccc(-c5cccc6c5C(C)(C)c5ccc7ccccc7c5-6)cc4)c4ccccc34)=NCc3ccccc3)cccc21. The van der Waals surface area contributed by atoms with Gasteiger partial charge in [0.25, 0.3) is 0 Å². The molecule has 2 nitrogen and oxygen atoms in total. The molecule has 0 radical (unpaired) electrons. The maximum absolute atomic E-state index is 7.24. The zero-order valence-electron chi connectivity index (χ0n) is 35.7. The first kappa shape index (κ1) is 37.7. The quantitative estimate of drug-likeness (QED) is 0.160. The van der Waals surface area contributed by atoms with Crippen LogP contribution in [0, 0.1) is 0 Å². The van der Waals surface area contributed by atoms with Crippen LogP contribution in [-0.4, -0.2) is 5.71 Å². The van der Waals surface area contributed by atoms with Gasteiger partial charge in [-0.2, -0.15) is 0 Å². The monoisotopic (exact) mass is 796 g/mol. The Labute approximate surface area is 364 Å². The summed E-state index contributed by atoms with van der Waals surface area (Å²) >= 11 is 0. The van der Waals surface area contributed by atoms with E-state index >= 15 is 0 Å². The normalized spacial score (nSPS) is 14.7. The minimum absolute atomic E-state index is 0.120. The molecule has 2 N–H and O–H groups in total. The van der Waals surface area contributed by atoms with E-state index in [-0.39, 0.29) is 10.8 Å². The molecular weight excluding hydrogens is 749 g/mol. The van der Waals surface area contributed by atoms with Crippen LogP contribution in [0.5, 0.6) is 0 Å². The minimum Gasteiger partial charge on any atom is -0.398 e.